The van der Waals surface area contributed by atoms with Gasteiger partial charge in [0.05, 0.1) is 6.10 Å². The second-order valence-electron chi connectivity index (χ2n) is 8.43. The Morgan fingerprint density at radius 2 is 2.00 bits per heavy atom. The average molecular weight is 488 g/mol. The van der Waals surface area contributed by atoms with Crippen molar-refractivity contribution in [2.24, 2.45) is 16.3 Å². The van der Waals surface area contributed by atoms with Crippen LogP contribution in [0.25, 0.3) is 0 Å². The van der Waals surface area contributed by atoms with Gasteiger partial charge in [-0.3, -0.25) is 4.99 Å². The summed E-state index contributed by atoms with van der Waals surface area (Å²) in [6.45, 7) is 9.32. The molecule has 0 amide bonds. The van der Waals surface area contributed by atoms with Crippen molar-refractivity contribution in [3.8, 4) is 0 Å². The quantitative estimate of drug-likeness (QED) is 0.375. The first kappa shape index (κ1) is 24.0. The number of anilines is 1. The predicted molar refractivity (Wildman–Crippen MR) is 126 cm³/mol. The molecule has 6 heteroatoms. The highest BCUT2D eigenvalue weighted by Crippen LogP contribution is 2.33. The first-order valence-electron chi connectivity index (χ1n) is 9.63. The Labute approximate surface area is 182 Å². The summed E-state index contributed by atoms with van der Waals surface area (Å²) in [5, 5.41) is 6.92. The molecule has 0 aromatic heterocycles. The highest BCUT2D eigenvalue weighted by Gasteiger charge is 2.35. The third-order valence-corrected chi connectivity index (χ3v) is 4.94. The summed E-state index contributed by atoms with van der Waals surface area (Å²) >= 11 is 0. The second kappa shape index (κ2) is 11.1. The fourth-order valence-corrected chi connectivity index (χ4v) is 3.59. The molecule has 2 rings (SSSR count). The largest absolute Gasteiger partial charge is 0.378 e. The summed E-state index contributed by atoms with van der Waals surface area (Å²) in [6, 6.07) is 8.55. The van der Waals surface area contributed by atoms with Crippen LogP contribution >= 0.6 is 24.0 Å². The molecule has 2 N–H and O–H groups in total. The maximum absolute atomic E-state index is 6.08. The molecule has 0 radical (unpaired) electrons. The van der Waals surface area contributed by atoms with Gasteiger partial charge in [0, 0.05) is 52.4 Å². The van der Waals surface area contributed by atoms with E-state index in [1.54, 1.807) is 0 Å². The Hall–Kier alpha value is -1.02. The first-order chi connectivity index (χ1) is 12.3. The van der Waals surface area contributed by atoms with E-state index in [1.807, 2.05) is 7.05 Å². The SMILES string of the molecule is CN=C(NCc1cccc(N(C)C)c1)NCC1CCCOC1C(C)(C)C.I. The summed E-state index contributed by atoms with van der Waals surface area (Å²) in [7, 11) is 5.94. The molecule has 0 saturated carbocycles. The lowest BCUT2D eigenvalue weighted by Gasteiger charge is -2.40. The van der Waals surface area contributed by atoms with Crippen molar-refractivity contribution in [3.63, 3.8) is 0 Å². The highest BCUT2D eigenvalue weighted by atomic mass is 127. The standard InChI is InChI=1S/C21H36N4O.HI/c1-21(2,3)19-17(10-8-12-26-19)15-24-20(22-4)23-14-16-9-7-11-18(13-16)25(5)6;/h7,9,11,13,17,19H,8,10,12,14-15H2,1-6H3,(H2,22,23,24);1H. The van der Waals surface area contributed by atoms with E-state index in [1.165, 1.54) is 17.7 Å². The number of halogens is 1. The molecule has 27 heavy (non-hydrogen) atoms. The third-order valence-electron chi connectivity index (χ3n) is 4.94. The van der Waals surface area contributed by atoms with Crippen LogP contribution in [-0.4, -0.2) is 46.4 Å². The minimum atomic E-state index is 0. The van der Waals surface area contributed by atoms with E-state index in [9.17, 15) is 0 Å². The van der Waals surface area contributed by atoms with Crippen molar-refractivity contribution < 1.29 is 4.74 Å². The lowest BCUT2D eigenvalue weighted by atomic mass is 9.78. The molecule has 1 heterocycles. The Balaban J connectivity index is 0.00000364. The Kier molecular flexibility index (Phi) is 9.87. The Morgan fingerprint density at radius 3 is 2.63 bits per heavy atom. The zero-order valence-corrected chi connectivity index (χ0v) is 20.0. The topological polar surface area (TPSA) is 48.9 Å². The number of nitrogens with one attached hydrogen (secondary N) is 2. The van der Waals surface area contributed by atoms with Crippen molar-refractivity contribution in [3.05, 3.63) is 29.8 Å². The van der Waals surface area contributed by atoms with Gasteiger partial charge >= 0.3 is 0 Å². The molecule has 1 aliphatic rings. The molecule has 0 aliphatic carbocycles. The lowest BCUT2D eigenvalue weighted by molar-refractivity contribution is -0.0835. The molecule has 2 unspecified atom stereocenters. The summed E-state index contributed by atoms with van der Waals surface area (Å²) in [5.41, 5.74) is 2.61. The molecule has 1 saturated heterocycles. The molecular formula is C21H37IN4O. The van der Waals surface area contributed by atoms with Gasteiger partial charge in [-0.1, -0.05) is 32.9 Å². The third kappa shape index (κ3) is 7.49. The fraction of sp³-hybridized carbons (Fsp3) is 0.667. The number of aliphatic imine (C=N–C) groups is 1. The van der Waals surface area contributed by atoms with Gasteiger partial charge in [-0.15, -0.1) is 24.0 Å². The number of nitrogens with zero attached hydrogens (tertiary/aromatic N) is 2. The van der Waals surface area contributed by atoms with Crippen molar-refractivity contribution in [2.45, 2.75) is 46.3 Å². The van der Waals surface area contributed by atoms with Crippen LogP contribution in [0, 0.1) is 11.3 Å². The normalized spacial score (nSPS) is 20.6. The molecule has 1 aromatic carbocycles. The molecule has 2 atom stereocenters. The predicted octanol–water partition coefficient (Wildman–Crippen LogP) is 3.88. The van der Waals surface area contributed by atoms with Gasteiger partial charge in [0.1, 0.15) is 0 Å². The van der Waals surface area contributed by atoms with Gasteiger partial charge in [-0.2, -0.15) is 0 Å². The monoisotopic (exact) mass is 488 g/mol. The number of hydrogen-bond donors (Lipinski definition) is 2. The van der Waals surface area contributed by atoms with Crippen LogP contribution in [-0.2, 0) is 11.3 Å². The van der Waals surface area contributed by atoms with E-state index in [0.717, 1.165) is 32.1 Å². The lowest BCUT2D eigenvalue weighted by Crippen LogP contribution is -2.47. The molecular weight excluding hydrogens is 451 g/mol. The van der Waals surface area contributed by atoms with E-state index in [0.29, 0.717) is 12.0 Å². The van der Waals surface area contributed by atoms with Crippen LogP contribution in [0.4, 0.5) is 5.69 Å². The molecule has 5 nitrogen and oxygen atoms in total. The van der Waals surface area contributed by atoms with Gasteiger partial charge in [0.25, 0.3) is 0 Å². The van der Waals surface area contributed by atoms with E-state index in [-0.39, 0.29) is 29.4 Å². The van der Waals surface area contributed by atoms with Gasteiger partial charge in [-0.05, 0) is 36.0 Å². The maximum atomic E-state index is 6.08. The number of rotatable bonds is 5. The summed E-state index contributed by atoms with van der Waals surface area (Å²) in [4.78, 5) is 6.49. The van der Waals surface area contributed by atoms with Crippen LogP contribution in [0.5, 0.6) is 0 Å². The molecule has 0 bridgehead atoms. The van der Waals surface area contributed by atoms with E-state index in [4.69, 9.17) is 4.74 Å². The van der Waals surface area contributed by atoms with Crippen LogP contribution in [0.2, 0.25) is 0 Å². The zero-order chi connectivity index (χ0) is 19.2. The van der Waals surface area contributed by atoms with E-state index >= 15 is 0 Å². The summed E-state index contributed by atoms with van der Waals surface area (Å²) in [5.74, 6) is 1.36. The van der Waals surface area contributed by atoms with Crippen molar-refractivity contribution in [1.29, 1.82) is 0 Å². The highest BCUT2D eigenvalue weighted by molar-refractivity contribution is 14.0. The number of guanidine groups is 1. The van der Waals surface area contributed by atoms with Crippen molar-refractivity contribution in [1.82, 2.24) is 10.6 Å². The van der Waals surface area contributed by atoms with Gasteiger partial charge in [-0.25, -0.2) is 0 Å². The van der Waals surface area contributed by atoms with Crippen molar-refractivity contribution >= 4 is 35.6 Å². The van der Waals surface area contributed by atoms with E-state index < -0.39 is 0 Å². The number of ether oxygens (including phenoxy) is 1. The minimum absolute atomic E-state index is 0. The number of hydrogen-bond acceptors (Lipinski definition) is 3. The molecule has 1 aliphatic heterocycles. The van der Waals surface area contributed by atoms with Crippen LogP contribution in [0.15, 0.2) is 29.3 Å². The Morgan fingerprint density at radius 1 is 1.26 bits per heavy atom. The van der Waals surface area contributed by atoms with Crippen LogP contribution in [0.1, 0.15) is 39.2 Å². The van der Waals surface area contributed by atoms with Gasteiger partial charge < -0.3 is 20.3 Å². The zero-order valence-electron chi connectivity index (χ0n) is 17.7. The van der Waals surface area contributed by atoms with Crippen molar-refractivity contribution in [2.75, 3.05) is 39.2 Å². The minimum Gasteiger partial charge on any atom is -0.378 e. The molecule has 0 spiro atoms. The molecule has 1 aromatic rings. The smallest absolute Gasteiger partial charge is 0.191 e. The van der Waals surface area contributed by atoms with Crippen LogP contribution in [0.3, 0.4) is 0 Å². The number of benzene rings is 1. The van der Waals surface area contributed by atoms with E-state index in [2.05, 4.69) is 79.7 Å². The van der Waals surface area contributed by atoms with Crippen LogP contribution < -0.4 is 15.5 Å². The summed E-state index contributed by atoms with van der Waals surface area (Å²) in [6.07, 6.45) is 2.64. The van der Waals surface area contributed by atoms with Gasteiger partial charge in [0.2, 0.25) is 0 Å². The fourth-order valence-electron chi connectivity index (χ4n) is 3.59. The second-order valence-corrected chi connectivity index (χ2v) is 8.43. The molecule has 1 fully saturated rings. The first-order valence-corrected chi connectivity index (χ1v) is 9.63. The van der Waals surface area contributed by atoms with Gasteiger partial charge in [0.15, 0.2) is 5.96 Å². The average Bonchev–Trinajstić information content (AvgIpc) is 2.61. The maximum Gasteiger partial charge on any atom is 0.191 e. The summed E-state index contributed by atoms with van der Waals surface area (Å²) < 4.78 is 6.08. The molecule has 154 valence electrons. The Bertz CT molecular complexity index is 598.